The molecular weight excluding hydrogens is 378 g/mol. The lowest BCUT2D eigenvalue weighted by atomic mass is 9.98. The van der Waals surface area contributed by atoms with Crippen LogP contribution in [-0.2, 0) is 0 Å². The van der Waals surface area contributed by atoms with E-state index < -0.39 is 0 Å². The Morgan fingerprint density at radius 1 is 0.710 bits per heavy atom. The van der Waals surface area contributed by atoms with Crippen molar-refractivity contribution in [3.8, 4) is 5.75 Å². The van der Waals surface area contributed by atoms with Crippen LogP contribution in [0.3, 0.4) is 0 Å². The van der Waals surface area contributed by atoms with Crippen LogP contribution in [0.4, 0.5) is 0 Å². The third-order valence-electron chi connectivity index (χ3n) is 6.53. The average molecular weight is 432 g/mol. The zero-order valence-corrected chi connectivity index (χ0v) is 21.4. The van der Waals surface area contributed by atoms with Gasteiger partial charge in [-0.2, -0.15) is 0 Å². The lowest BCUT2D eigenvalue weighted by molar-refractivity contribution is 0.214. The number of nitrogens with one attached hydrogen (secondary N) is 1. The van der Waals surface area contributed by atoms with E-state index in [4.69, 9.17) is 4.74 Å². The van der Waals surface area contributed by atoms with Gasteiger partial charge in [0.25, 0.3) is 0 Å². The summed E-state index contributed by atoms with van der Waals surface area (Å²) < 4.78 is 6.23. The summed E-state index contributed by atoms with van der Waals surface area (Å²) in [4.78, 5) is 0. The zero-order valence-electron chi connectivity index (χ0n) is 21.4. The number of hydrogen-bond donors (Lipinski definition) is 1. The van der Waals surface area contributed by atoms with E-state index in [1.807, 2.05) is 0 Å². The number of ether oxygens (including phenoxy) is 1. The van der Waals surface area contributed by atoms with E-state index in [2.05, 4.69) is 57.3 Å². The topological polar surface area (TPSA) is 21.3 Å². The third kappa shape index (κ3) is 14.6. The van der Waals surface area contributed by atoms with E-state index in [-0.39, 0.29) is 6.10 Å². The minimum absolute atomic E-state index is 0.205. The monoisotopic (exact) mass is 431 g/mol. The van der Waals surface area contributed by atoms with Gasteiger partial charge in [-0.05, 0) is 43.9 Å². The van der Waals surface area contributed by atoms with Gasteiger partial charge in [0.2, 0.25) is 0 Å². The molecule has 1 aromatic carbocycles. The highest BCUT2D eigenvalue weighted by molar-refractivity contribution is 5.36. The van der Waals surface area contributed by atoms with Crippen LogP contribution < -0.4 is 10.1 Å². The van der Waals surface area contributed by atoms with Crippen LogP contribution in [0, 0.1) is 0 Å². The van der Waals surface area contributed by atoms with Gasteiger partial charge in [-0.25, -0.2) is 0 Å². The fraction of sp³-hybridized carbons (Fsp3) is 0.793. The van der Waals surface area contributed by atoms with Crippen molar-refractivity contribution < 1.29 is 4.74 Å². The first-order valence-electron chi connectivity index (χ1n) is 13.6. The Hall–Kier alpha value is -1.02. The van der Waals surface area contributed by atoms with E-state index in [0.717, 1.165) is 25.3 Å². The molecular formula is C29H53NO. The molecule has 0 saturated carbocycles. The smallest absolute Gasteiger partial charge is 0.123 e. The Balaban J connectivity index is 1.92. The van der Waals surface area contributed by atoms with Crippen molar-refractivity contribution in [1.82, 2.24) is 5.32 Å². The maximum Gasteiger partial charge on any atom is 0.123 e. The highest BCUT2D eigenvalue weighted by atomic mass is 16.5. The van der Waals surface area contributed by atoms with Crippen molar-refractivity contribution in [3.05, 3.63) is 29.8 Å². The number of benzene rings is 1. The minimum Gasteiger partial charge on any atom is -0.489 e. The molecule has 2 atom stereocenters. The molecule has 0 aromatic heterocycles. The highest BCUT2D eigenvalue weighted by Gasteiger charge is 2.12. The first-order chi connectivity index (χ1) is 15.2. The molecule has 2 heteroatoms. The standard InChI is InChI=1S/C29H53NO/c1-5-7-8-9-10-11-12-13-14-15-16-17-18-21-24-30-25-27(4)31-29-23-20-19-22-28(29)26(3)6-2/h19-20,22-23,26-27,30H,5-18,21,24-25H2,1-4H3. The van der Waals surface area contributed by atoms with Crippen molar-refractivity contribution >= 4 is 0 Å². The molecule has 0 aliphatic carbocycles. The van der Waals surface area contributed by atoms with E-state index >= 15 is 0 Å². The second kappa shape index (κ2) is 19.6. The zero-order chi connectivity index (χ0) is 22.6. The number of hydrogen-bond acceptors (Lipinski definition) is 2. The minimum atomic E-state index is 0.205. The molecule has 180 valence electrons. The predicted octanol–water partition coefficient (Wildman–Crippen LogP) is 9.04. The molecule has 0 fully saturated rings. The lowest BCUT2D eigenvalue weighted by Gasteiger charge is -2.20. The molecule has 0 heterocycles. The van der Waals surface area contributed by atoms with Gasteiger partial charge in [-0.15, -0.1) is 0 Å². The van der Waals surface area contributed by atoms with Crippen molar-refractivity contribution in [3.63, 3.8) is 0 Å². The summed E-state index contributed by atoms with van der Waals surface area (Å²) in [5.74, 6) is 1.61. The second-order valence-corrected chi connectivity index (χ2v) is 9.58. The number of rotatable bonds is 21. The highest BCUT2D eigenvalue weighted by Crippen LogP contribution is 2.29. The fourth-order valence-electron chi connectivity index (χ4n) is 4.22. The molecule has 0 aliphatic heterocycles. The molecule has 2 unspecified atom stereocenters. The molecule has 0 aliphatic rings. The van der Waals surface area contributed by atoms with E-state index in [1.54, 1.807) is 0 Å². The summed E-state index contributed by atoms with van der Waals surface area (Å²) in [5.41, 5.74) is 1.34. The first kappa shape index (κ1) is 28.0. The van der Waals surface area contributed by atoms with Gasteiger partial charge < -0.3 is 10.1 Å². The molecule has 0 amide bonds. The van der Waals surface area contributed by atoms with Crippen LogP contribution in [0.25, 0.3) is 0 Å². The van der Waals surface area contributed by atoms with E-state index in [0.29, 0.717) is 5.92 Å². The van der Waals surface area contributed by atoms with Gasteiger partial charge in [-0.1, -0.05) is 122 Å². The van der Waals surface area contributed by atoms with Gasteiger partial charge >= 0.3 is 0 Å². The summed E-state index contributed by atoms with van der Waals surface area (Å²) in [6, 6.07) is 8.52. The Kier molecular flexibility index (Phi) is 17.8. The van der Waals surface area contributed by atoms with Crippen LogP contribution in [0.5, 0.6) is 5.75 Å². The summed E-state index contributed by atoms with van der Waals surface area (Å²) in [5, 5.41) is 3.59. The molecule has 1 N–H and O–H groups in total. The Labute approximate surface area is 194 Å². The normalized spacial score (nSPS) is 13.3. The van der Waals surface area contributed by atoms with Crippen molar-refractivity contribution in [1.29, 1.82) is 0 Å². The maximum absolute atomic E-state index is 6.23. The lowest BCUT2D eigenvalue weighted by Crippen LogP contribution is -2.29. The van der Waals surface area contributed by atoms with Crippen LogP contribution in [0.15, 0.2) is 24.3 Å². The van der Waals surface area contributed by atoms with Crippen molar-refractivity contribution in [2.75, 3.05) is 13.1 Å². The molecule has 1 rings (SSSR count). The molecule has 0 radical (unpaired) electrons. The quantitative estimate of drug-likeness (QED) is 0.196. The van der Waals surface area contributed by atoms with Crippen LogP contribution >= 0.6 is 0 Å². The predicted molar refractivity (Wildman–Crippen MR) is 138 cm³/mol. The molecule has 0 saturated heterocycles. The first-order valence-corrected chi connectivity index (χ1v) is 13.6. The molecule has 31 heavy (non-hydrogen) atoms. The second-order valence-electron chi connectivity index (χ2n) is 9.58. The van der Waals surface area contributed by atoms with Crippen LogP contribution in [-0.4, -0.2) is 19.2 Å². The van der Waals surface area contributed by atoms with E-state index in [1.165, 1.54) is 95.5 Å². The maximum atomic E-state index is 6.23. The molecule has 0 bridgehead atoms. The Morgan fingerprint density at radius 2 is 1.23 bits per heavy atom. The third-order valence-corrected chi connectivity index (χ3v) is 6.53. The summed E-state index contributed by atoms with van der Waals surface area (Å²) in [6.07, 6.45) is 21.2. The molecule has 1 aromatic rings. The van der Waals surface area contributed by atoms with Crippen LogP contribution in [0.2, 0.25) is 0 Å². The van der Waals surface area contributed by atoms with Crippen molar-refractivity contribution in [2.24, 2.45) is 0 Å². The van der Waals surface area contributed by atoms with E-state index in [9.17, 15) is 0 Å². The largest absolute Gasteiger partial charge is 0.489 e. The summed E-state index contributed by atoms with van der Waals surface area (Å²) in [6.45, 7) is 11.0. The SMILES string of the molecule is CCCCCCCCCCCCCCCCNCC(C)Oc1ccccc1C(C)CC. The van der Waals surface area contributed by atoms with Gasteiger partial charge in [-0.3, -0.25) is 0 Å². The average Bonchev–Trinajstić information content (AvgIpc) is 2.78. The summed E-state index contributed by atoms with van der Waals surface area (Å²) >= 11 is 0. The van der Waals surface area contributed by atoms with Crippen molar-refractivity contribution in [2.45, 2.75) is 136 Å². The summed E-state index contributed by atoms with van der Waals surface area (Å²) in [7, 11) is 0. The number of unbranched alkanes of at least 4 members (excludes halogenated alkanes) is 13. The van der Waals surface area contributed by atoms with Gasteiger partial charge in [0.1, 0.15) is 11.9 Å². The fourth-order valence-corrected chi connectivity index (χ4v) is 4.22. The van der Waals surface area contributed by atoms with Gasteiger partial charge in [0, 0.05) is 6.54 Å². The van der Waals surface area contributed by atoms with Gasteiger partial charge in [0.15, 0.2) is 0 Å². The van der Waals surface area contributed by atoms with Gasteiger partial charge in [0.05, 0.1) is 0 Å². The van der Waals surface area contributed by atoms with Crippen LogP contribution in [0.1, 0.15) is 135 Å². The Morgan fingerprint density at radius 3 is 1.77 bits per heavy atom. The number of para-hydroxylation sites is 1. The molecule has 2 nitrogen and oxygen atoms in total. The Bertz CT molecular complexity index is 515. The molecule has 0 spiro atoms.